The molecule has 2 N–H and O–H groups in total. The van der Waals surface area contributed by atoms with Crippen LogP contribution in [0.5, 0.6) is 34.5 Å². The van der Waals surface area contributed by atoms with Crippen molar-refractivity contribution >= 4 is 63.8 Å². The summed E-state index contributed by atoms with van der Waals surface area (Å²) in [6.07, 6.45) is 0. The number of hydrogen-bond acceptors (Lipinski definition) is 21. The molecule has 0 aliphatic rings. The minimum Gasteiger partial charge on any atom is -1.00 e. The van der Waals surface area contributed by atoms with E-state index < -0.39 is 17.9 Å². The fourth-order valence-corrected chi connectivity index (χ4v) is 5.09. The van der Waals surface area contributed by atoms with E-state index in [0.29, 0.717) is 65.9 Å². The van der Waals surface area contributed by atoms with Crippen LogP contribution in [0.25, 0.3) is 0 Å². The fourth-order valence-electron chi connectivity index (χ4n) is 4.93. The summed E-state index contributed by atoms with van der Waals surface area (Å²) >= 11 is 2.94. The monoisotopic (exact) mass is 1410 g/mol. The molecule has 0 heterocycles. The molecule has 0 spiro atoms. The van der Waals surface area contributed by atoms with E-state index in [0.717, 1.165) is 29.4 Å². The average Bonchev–Trinajstić information content (AvgIpc) is 3.35. The molecule has 0 fully saturated rings. The number of phenols is 2. The van der Waals surface area contributed by atoms with Crippen molar-refractivity contribution in [3.8, 4) is 34.5 Å². The van der Waals surface area contributed by atoms with Crippen LogP contribution in [-0.4, -0.2) is 117 Å². The molecule has 4 rings (SSSR count). The molecule has 4 aromatic carbocycles. The number of ketones is 2. The molecule has 420 valence electrons. The van der Waals surface area contributed by atoms with Gasteiger partial charge in [0.05, 0.1) is 26.4 Å². The number of ether oxygens (including phenoxy) is 8. The molecule has 0 radical (unpaired) electrons. The van der Waals surface area contributed by atoms with Gasteiger partial charge in [-0.25, -0.2) is 14.4 Å². The van der Waals surface area contributed by atoms with Gasteiger partial charge in [-0.3, -0.25) is 24.0 Å². The third-order valence-corrected chi connectivity index (χ3v) is 8.62. The number of benzene rings is 4. The first-order chi connectivity index (χ1) is 35.0. The van der Waals surface area contributed by atoms with Crippen molar-refractivity contribution in [2.75, 3.05) is 58.7 Å². The van der Waals surface area contributed by atoms with E-state index in [1.807, 2.05) is 6.92 Å². The number of esters is 5. The maximum Gasteiger partial charge on any atom is 1.00 e. The van der Waals surface area contributed by atoms with Crippen LogP contribution in [0.15, 0.2) is 72.8 Å². The van der Waals surface area contributed by atoms with Gasteiger partial charge >= 0.3 is 197 Å². The number of carbonyl (C=O) groups excluding carboxylic acids is 8. The fraction of sp³-hybridized carbons (Fsp3) is 0.396. The van der Waals surface area contributed by atoms with Crippen LogP contribution < -0.4 is 197 Å². The van der Waals surface area contributed by atoms with E-state index in [-0.39, 0.29) is 237 Å². The van der Waals surface area contributed by atoms with E-state index in [4.69, 9.17) is 58.5 Å². The molecule has 0 aromatic heterocycles. The normalized spacial score (nSPS) is 8.71. The zero-order chi connectivity index (χ0) is 57.2. The number of halogens is 1. The van der Waals surface area contributed by atoms with Gasteiger partial charge in [0.25, 0.3) is 6.47 Å². The molecule has 0 amide bonds. The number of alkyl halides is 1. The van der Waals surface area contributed by atoms with E-state index in [1.54, 1.807) is 109 Å². The van der Waals surface area contributed by atoms with Crippen molar-refractivity contribution in [3.05, 3.63) is 106 Å². The van der Waals surface area contributed by atoms with Gasteiger partial charge in [0.2, 0.25) is 0 Å². The molecule has 0 bridgehead atoms. The minimum atomic E-state index is -0.416. The Labute approximate surface area is 607 Å². The molecule has 0 saturated carbocycles. The number of rotatable bonds is 18. The van der Waals surface area contributed by atoms with Crippen molar-refractivity contribution < 1.29 is 270 Å². The summed E-state index contributed by atoms with van der Waals surface area (Å²) in [6, 6.07) is 19.5. The Morgan fingerprint density at radius 1 is 0.551 bits per heavy atom. The Morgan fingerprint density at radius 3 is 1.18 bits per heavy atom. The number of Topliss-reactive ketones (excluding diaryl/α,β-unsaturated/α-hetero) is 2. The molecule has 0 saturated heterocycles. The quantitative estimate of drug-likeness (QED) is 0.0121. The Hall–Kier alpha value is -2.46. The number of aromatic hydroxyl groups is 2. The van der Waals surface area contributed by atoms with Crippen LogP contribution in [0.4, 0.5) is 0 Å². The Kier molecular flexibility index (Phi) is 64.6. The summed E-state index contributed by atoms with van der Waals surface area (Å²) in [5.41, 5.74) is 4.38. The molecular formula is C53H72BrCs2NaO21. The van der Waals surface area contributed by atoms with E-state index in [2.05, 4.69) is 25.6 Å². The number of aryl methyl sites for hydroxylation is 4. The average molecular weight is 1410 g/mol. The predicted octanol–water partition coefficient (Wildman–Crippen LogP) is -2.34. The second-order valence-electron chi connectivity index (χ2n) is 14.0. The Bertz CT molecular complexity index is 2360. The van der Waals surface area contributed by atoms with Gasteiger partial charge in [0.1, 0.15) is 39.8 Å². The third kappa shape index (κ3) is 46.2. The van der Waals surface area contributed by atoms with E-state index in [9.17, 15) is 33.6 Å². The summed E-state index contributed by atoms with van der Waals surface area (Å²) in [5.74, 6) is 0.793. The van der Waals surface area contributed by atoms with Gasteiger partial charge in [0.15, 0.2) is 31.4 Å². The van der Waals surface area contributed by atoms with Crippen LogP contribution in [0.2, 0.25) is 0 Å². The second-order valence-corrected chi connectivity index (χ2v) is 14.5. The van der Waals surface area contributed by atoms with Gasteiger partial charge < -0.3 is 64.8 Å². The maximum atomic E-state index is 11.1. The van der Waals surface area contributed by atoms with Gasteiger partial charge in [-0.2, -0.15) is 7.11 Å². The van der Waals surface area contributed by atoms with Crippen molar-refractivity contribution in [2.24, 2.45) is 0 Å². The van der Waals surface area contributed by atoms with Gasteiger partial charge in [-0.1, -0.05) is 23.4 Å². The summed E-state index contributed by atoms with van der Waals surface area (Å²) < 4.78 is 39.5. The van der Waals surface area contributed by atoms with E-state index >= 15 is 0 Å². The first kappa shape index (κ1) is 89.3. The number of hydrogen-bond donors (Lipinski definition) is 2. The summed E-state index contributed by atoms with van der Waals surface area (Å²) in [7, 11) is 0.750. The largest absolute Gasteiger partial charge is 1.00 e. The van der Waals surface area contributed by atoms with Crippen LogP contribution >= 0.6 is 15.9 Å². The molecule has 0 unspecified atom stereocenters. The smallest absolute Gasteiger partial charge is 1.00 e. The summed E-state index contributed by atoms with van der Waals surface area (Å²) in [6.45, 7) is 19.4. The molecule has 21 nitrogen and oxygen atoms in total. The predicted molar refractivity (Wildman–Crippen MR) is 277 cm³/mol. The van der Waals surface area contributed by atoms with Gasteiger partial charge in [-0.15, -0.1) is 0 Å². The summed E-state index contributed by atoms with van der Waals surface area (Å²) in [5, 5.41) is 35.2. The van der Waals surface area contributed by atoms with Crippen molar-refractivity contribution in [1.29, 1.82) is 0 Å². The topological polar surface area (TPSA) is 306 Å². The molecule has 78 heavy (non-hydrogen) atoms. The number of carbonyl (C=O) groups is 8. The second kappa shape index (κ2) is 56.4. The first-order valence-electron chi connectivity index (χ1n) is 22.2. The standard InChI is InChI=1S/C13H16O5.C13H16O4.C11H14O4.C9H10O2.C4H7BrO2.CH2O3.CH3O.CH4.2Cs.Na.H/c1-4-16-13(15)8-17-12-6-5-11(7-9(12)2)18-10(3)14;1-4-16-13(15)8-17-12-6-5-11(10(3)14)7-9(12)2;1-3-14-11(13)7-15-10-5-4-9(12)6-8(10)2;1-6-5-8(7(2)10)3-4-9(6)11;1-2-7-4(6)3-5;2-1-4-3;1-2;;;;;/h5-7H,4,8H2,1-3H3;5-7H,4,8H2,1-3H3;4-6,12H,3,7H2,1-2H3;3-5,11H,1-2H3;2-3H2,1H3;1,3H;1H3;1H4;;;;/q;;;;;;-1;;3*+1;-1/p-1. The molecule has 0 aliphatic carbocycles. The van der Waals surface area contributed by atoms with Crippen molar-refractivity contribution in [1.82, 2.24) is 0 Å². The Morgan fingerprint density at radius 2 is 0.885 bits per heavy atom. The maximum absolute atomic E-state index is 11.1. The van der Waals surface area contributed by atoms with Crippen LogP contribution in [0.1, 0.15) is 100 Å². The Balaban J connectivity index is -0.000000130. The molecular weight excluding hydrogens is 1340 g/mol. The minimum absolute atomic E-state index is 0. The number of phenolic OH excluding ortho intramolecular Hbond substituents is 2. The first-order valence-corrected chi connectivity index (χ1v) is 23.4. The third-order valence-electron chi connectivity index (χ3n) is 8.16. The molecule has 0 aliphatic heterocycles. The zero-order valence-electron chi connectivity index (χ0n) is 47.7. The molecule has 25 heteroatoms. The zero-order valence-corrected chi connectivity index (χ0v) is 62.8. The molecule has 0 atom stereocenters. The van der Waals surface area contributed by atoms with Crippen molar-refractivity contribution in [2.45, 2.75) is 83.6 Å². The SMILES string of the molecule is C.CC(=O)c1ccc(O)c(C)c1.CCOC(=O)CBr.CCOC(=O)COc1ccc(C(C)=O)cc1C.CCOC(=O)COc1ccc(O)cc1C.CCOC(=O)COc1ccc(OC(C)=O)cc1C.C[O-].O=CO[O-].[Cs+].[Cs+].[H-].[Na+]. The summed E-state index contributed by atoms with van der Waals surface area (Å²) in [4.78, 5) is 87.4. The van der Waals surface area contributed by atoms with Crippen LogP contribution in [-0.2, 0) is 52.6 Å². The van der Waals surface area contributed by atoms with Crippen molar-refractivity contribution in [3.63, 3.8) is 0 Å². The van der Waals surface area contributed by atoms with Crippen LogP contribution in [0.3, 0.4) is 0 Å². The van der Waals surface area contributed by atoms with Crippen LogP contribution in [0, 0.1) is 27.7 Å². The van der Waals surface area contributed by atoms with E-state index in [1.165, 1.54) is 32.9 Å². The molecule has 4 aromatic rings. The van der Waals surface area contributed by atoms with Gasteiger partial charge in [0, 0.05) is 18.1 Å². The van der Waals surface area contributed by atoms with Gasteiger partial charge in [-0.05, 0) is 164 Å².